The van der Waals surface area contributed by atoms with Gasteiger partial charge in [-0.3, -0.25) is 47.9 Å². The van der Waals surface area contributed by atoms with Crippen LogP contribution in [0.1, 0.15) is 120 Å². The summed E-state index contributed by atoms with van der Waals surface area (Å²) in [6, 6.07) is 19.3. The molecule has 3 aromatic carbocycles. The van der Waals surface area contributed by atoms with Crippen molar-refractivity contribution in [3.05, 3.63) is 194 Å². The van der Waals surface area contributed by atoms with E-state index in [1.165, 1.54) is 74.4 Å². The molecule has 0 fully saturated rings. The molecular formula is C88H111FN22O21. The van der Waals surface area contributed by atoms with Gasteiger partial charge in [0.1, 0.15) is 52.3 Å². The Kier molecular flexibility index (Phi) is 38.2. The first-order valence-electron chi connectivity index (χ1n) is 42.5. The lowest BCUT2D eigenvalue weighted by atomic mass is 9.93. The number of H-pyrrole nitrogens is 1. The van der Waals surface area contributed by atoms with Crippen LogP contribution in [0.15, 0.2) is 126 Å². The lowest BCUT2D eigenvalue weighted by Gasteiger charge is -2.22. The average Bonchev–Trinajstić information content (AvgIpc) is 1.52. The zero-order chi connectivity index (χ0) is 94.6. The van der Waals surface area contributed by atoms with Gasteiger partial charge in [0.15, 0.2) is 17.5 Å². The van der Waals surface area contributed by atoms with E-state index in [4.69, 9.17) is 52.9 Å². The quantitative estimate of drug-likeness (QED) is 0.00785. The Morgan fingerprint density at radius 2 is 1.00 bits per heavy atom. The monoisotopic (exact) mass is 1830 g/mol. The molecule has 0 unspecified atom stereocenters. The maximum absolute atomic E-state index is 14.3. The van der Waals surface area contributed by atoms with Gasteiger partial charge in [0.25, 0.3) is 41.0 Å². The second-order valence-electron chi connectivity index (χ2n) is 30.6. The van der Waals surface area contributed by atoms with Crippen molar-refractivity contribution in [2.45, 2.75) is 65.5 Å². The zero-order valence-electron chi connectivity index (χ0n) is 74.9. The number of pyridine rings is 1. The number of carbonyl (C=O) groups excluding carboxylic acids is 9. The molecule has 0 bridgehead atoms. The first kappa shape index (κ1) is 100. The van der Waals surface area contributed by atoms with Gasteiger partial charge in [-0.15, -0.1) is 0 Å². The van der Waals surface area contributed by atoms with Crippen molar-refractivity contribution in [1.29, 1.82) is 0 Å². The van der Waals surface area contributed by atoms with E-state index < -0.39 is 52.9 Å². The van der Waals surface area contributed by atoms with Gasteiger partial charge in [-0.2, -0.15) is 0 Å². The summed E-state index contributed by atoms with van der Waals surface area (Å²) in [6.07, 6.45) is 10.6. The Morgan fingerprint density at radius 1 is 0.500 bits per heavy atom. The fourth-order valence-electron chi connectivity index (χ4n) is 13.2. The van der Waals surface area contributed by atoms with Crippen LogP contribution in [-0.2, 0) is 99.7 Å². The number of hydrogen-bond acceptors (Lipinski definition) is 25. The highest BCUT2D eigenvalue weighted by molar-refractivity contribution is 6.09. The van der Waals surface area contributed by atoms with E-state index in [1.807, 2.05) is 0 Å². The summed E-state index contributed by atoms with van der Waals surface area (Å²) in [5.41, 5.74) is 11.8. The van der Waals surface area contributed by atoms with Gasteiger partial charge >= 0.3 is 0 Å². The molecule has 43 nitrogen and oxygen atoms in total. The number of amides is 9. The number of carbonyl (C=O) groups is 9. The van der Waals surface area contributed by atoms with E-state index in [2.05, 4.69) is 77.8 Å². The van der Waals surface area contributed by atoms with E-state index in [1.54, 1.807) is 132 Å². The van der Waals surface area contributed by atoms with Gasteiger partial charge in [0, 0.05) is 164 Å². The Labute approximate surface area is 758 Å². The third kappa shape index (κ3) is 30.6. The predicted molar refractivity (Wildman–Crippen MR) is 482 cm³/mol. The summed E-state index contributed by atoms with van der Waals surface area (Å²) in [6.45, 7) is 13.1. The van der Waals surface area contributed by atoms with Crippen LogP contribution < -0.4 is 62.9 Å². The van der Waals surface area contributed by atoms with Crippen molar-refractivity contribution < 1.29 is 100 Å². The molecule has 44 heteroatoms. The van der Waals surface area contributed by atoms with Crippen LogP contribution in [0.2, 0.25) is 0 Å². The topological polar surface area (TPSA) is 524 Å². The molecule has 0 aliphatic carbocycles. The standard InChI is InChI=1S/C88H111FN22O21/c1-56-45-59(89)46-57(2)77(56)132-70-16-11-58(88(3,4)122)47-64(70)66-53-110(9)87(121)76-65(66)50-67(100-76)81(115)97-60-12-14-63(15-13-60)131-44-43-130-42-41-129-40-39-128-38-37-127-36-35-126-34-33-125-32-31-124-30-29-123-28-25-91-73(112)17-21-95-84(118)79-103-71(54-108(79)7)101-75(114)19-23-94-83(117)69-49-62(52-111(69)26-10-20-96-105-90)99-86(120)80-104-72(55-109(80)8)102-74(113)18-22-93-82(116)68-48-61(51-107(68)6)98-85(119)78-92-24-27-106(78)5/h11-16,24,27,45-55,100,122H,10,17-23,25-26,28-44H2,1-9H3,(H,91,112)(H,93,116)(H,94,117)(H,95,118)(H,97,115)(H,98,119)(H,99,120)(H,101,114)(H,102,113). The Hall–Kier alpha value is -14.0. The van der Waals surface area contributed by atoms with Crippen LogP contribution in [0.25, 0.3) is 32.5 Å². The summed E-state index contributed by atoms with van der Waals surface area (Å²) < 4.78 is 79.9. The molecule has 0 radical (unpaired) electrons. The first-order valence-corrected chi connectivity index (χ1v) is 42.5. The van der Waals surface area contributed by atoms with E-state index >= 15 is 0 Å². The molecule has 0 saturated heterocycles. The zero-order valence-corrected chi connectivity index (χ0v) is 74.9. The van der Waals surface area contributed by atoms with Crippen molar-refractivity contribution in [2.75, 3.05) is 172 Å². The first-order chi connectivity index (χ1) is 63.5. The van der Waals surface area contributed by atoms with Crippen LogP contribution in [-0.4, -0.2) is 251 Å². The van der Waals surface area contributed by atoms with Crippen LogP contribution >= 0.6 is 0 Å². The fourth-order valence-corrected chi connectivity index (χ4v) is 13.2. The Bertz CT molecular complexity index is 5720. The van der Waals surface area contributed by atoms with Crippen LogP contribution in [0.5, 0.6) is 17.2 Å². The maximum Gasteiger partial charge on any atom is 0.291 e. The van der Waals surface area contributed by atoms with Gasteiger partial charge in [-0.25, -0.2) is 19.3 Å². The van der Waals surface area contributed by atoms with Gasteiger partial charge in [0.05, 0.1) is 123 Å². The molecule has 7 heterocycles. The van der Waals surface area contributed by atoms with E-state index in [-0.39, 0.29) is 146 Å². The number of nitrogens with zero attached hydrogens (tertiary/aromatic N) is 12. The van der Waals surface area contributed by atoms with E-state index in [0.717, 1.165) is 0 Å². The second-order valence-corrected chi connectivity index (χ2v) is 30.6. The molecule has 706 valence electrons. The molecule has 7 aromatic heterocycles. The van der Waals surface area contributed by atoms with E-state index in [9.17, 15) is 57.4 Å². The third-order valence-corrected chi connectivity index (χ3v) is 19.8. The summed E-state index contributed by atoms with van der Waals surface area (Å²) in [5, 5.41) is 39.2. The number of azide groups is 1. The average molecular weight is 1830 g/mol. The summed E-state index contributed by atoms with van der Waals surface area (Å²) in [5.74, 6) is -3.50. The number of aliphatic hydroxyl groups is 1. The minimum Gasteiger partial charge on any atom is -0.491 e. The molecule has 0 spiro atoms. The normalized spacial score (nSPS) is 11.3. The SMILES string of the molecule is Cc1cc(F)cc(C)c1Oc1ccc(C(C)(C)O)cc1-c1cn(C)c(=O)c2[nH]c(C(=O)Nc3ccc(OCCOCCOCCOCCOCCOCCOCCOCCOCCNC(=O)CCNC(=O)c4nc(NC(=O)CCNC(=O)c5cc(NC(=O)c6nc(NC(=O)CCNC(=O)c7cc(NC(=O)c8nccn8C)cn7C)cn6C)cn5CCCN=[N+]=[N-])cn4C)cc3)cc12. The Balaban J connectivity index is 0.490. The highest BCUT2D eigenvalue weighted by atomic mass is 19.1. The van der Waals surface area contributed by atoms with Crippen molar-refractivity contribution in [3.63, 3.8) is 0 Å². The molecular weight excluding hydrogens is 1720 g/mol. The van der Waals surface area contributed by atoms with Crippen molar-refractivity contribution in [2.24, 2.45) is 40.4 Å². The molecule has 0 aliphatic rings. The number of nitrogens with one attached hydrogen (secondary N) is 10. The predicted octanol–water partition coefficient (Wildman–Crippen LogP) is 7.07. The second kappa shape index (κ2) is 50.3. The molecule has 9 amide bonds. The molecule has 10 aromatic rings. The number of ether oxygens (including phenoxy) is 10. The highest BCUT2D eigenvalue weighted by Crippen LogP contribution is 2.41. The number of imidazole rings is 3. The fraction of sp³-hybridized carbons (Fsp3) is 0.420. The van der Waals surface area contributed by atoms with Crippen LogP contribution in [0.3, 0.4) is 0 Å². The van der Waals surface area contributed by atoms with Crippen LogP contribution in [0.4, 0.5) is 33.1 Å². The molecule has 10 rings (SSSR count). The smallest absolute Gasteiger partial charge is 0.291 e. The molecule has 0 saturated carbocycles. The number of rotatable bonds is 56. The Morgan fingerprint density at radius 3 is 1.55 bits per heavy atom. The number of anilines is 5. The largest absolute Gasteiger partial charge is 0.491 e. The summed E-state index contributed by atoms with van der Waals surface area (Å²) in [4.78, 5) is 150. The number of fused-ring (bicyclic) bond motifs is 1. The van der Waals surface area contributed by atoms with E-state index in [0.29, 0.717) is 167 Å². The third-order valence-electron chi connectivity index (χ3n) is 19.8. The minimum atomic E-state index is -1.23. The lowest BCUT2D eigenvalue weighted by Crippen LogP contribution is -2.33. The van der Waals surface area contributed by atoms with Crippen molar-refractivity contribution >= 4 is 92.8 Å². The number of hydrogen-bond donors (Lipinski definition) is 11. The number of benzene rings is 3. The number of aromatic nitrogens is 10. The summed E-state index contributed by atoms with van der Waals surface area (Å²) >= 11 is 0. The maximum atomic E-state index is 14.3. The molecule has 0 atom stereocenters. The van der Waals surface area contributed by atoms with Gasteiger partial charge in [-0.05, 0) is 123 Å². The van der Waals surface area contributed by atoms with Gasteiger partial charge in [0.2, 0.25) is 29.4 Å². The van der Waals surface area contributed by atoms with Gasteiger partial charge < -0.3 is 133 Å². The lowest BCUT2D eigenvalue weighted by molar-refractivity contribution is -0.121. The van der Waals surface area contributed by atoms with Crippen molar-refractivity contribution in [1.82, 2.24) is 68.6 Å². The molecule has 132 heavy (non-hydrogen) atoms. The summed E-state index contributed by atoms with van der Waals surface area (Å²) in [7, 11) is 8.00. The molecule has 0 aliphatic heterocycles. The number of halogens is 1. The van der Waals surface area contributed by atoms with Gasteiger partial charge in [-0.1, -0.05) is 11.2 Å². The number of aryl methyl sites for hydroxylation is 8. The number of aromatic amines is 1. The van der Waals surface area contributed by atoms with Crippen molar-refractivity contribution in [3.8, 4) is 28.4 Å². The van der Waals surface area contributed by atoms with Crippen LogP contribution in [0, 0.1) is 19.7 Å². The molecule has 11 N–H and O–H groups in total. The highest BCUT2D eigenvalue weighted by Gasteiger charge is 2.27. The minimum absolute atomic E-state index is 0.00620.